The molecular weight excluding hydrogens is 899 g/mol. The molecule has 406 valence electrons. The number of aliphatic hydroxyl groups is 5. The smallest absolute Gasteiger partial charge is 0.220 e. The van der Waals surface area contributed by atoms with Crippen LogP contribution in [0.1, 0.15) is 187 Å². The van der Waals surface area contributed by atoms with E-state index >= 15 is 0 Å². The second-order valence-corrected chi connectivity index (χ2v) is 18.6. The predicted octanol–water partition coefficient (Wildman–Crippen LogP) is 13.9. The number of carbonyl (C=O) groups excluding carboxylic acids is 1. The minimum Gasteiger partial charge on any atom is -0.394 e. The van der Waals surface area contributed by atoms with Crippen LogP contribution >= 0.6 is 0 Å². The van der Waals surface area contributed by atoms with Crippen molar-refractivity contribution in [2.24, 2.45) is 0 Å². The Morgan fingerprint density at radius 1 is 0.486 bits per heavy atom. The molecule has 1 aliphatic rings. The Morgan fingerprint density at radius 3 is 1.33 bits per heavy atom. The molecule has 1 saturated heterocycles. The third kappa shape index (κ3) is 39.6. The van der Waals surface area contributed by atoms with Gasteiger partial charge in [-0.25, -0.2) is 0 Å². The van der Waals surface area contributed by atoms with Gasteiger partial charge in [0.1, 0.15) is 24.4 Å². The number of nitrogens with one attached hydrogen (secondary N) is 1. The molecule has 0 radical (unpaired) electrons. The van der Waals surface area contributed by atoms with Crippen LogP contribution in [-0.4, -0.2) is 87.5 Å². The summed E-state index contributed by atoms with van der Waals surface area (Å²) in [6.07, 6.45) is 71.9. The zero-order chi connectivity index (χ0) is 52.2. The number of ether oxygens (including phenoxy) is 2. The van der Waals surface area contributed by atoms with E-state index in [1.165, 1.54) is 51.4 Å². The van der Waals surface area contributed by atoms with Gasteiger partial charge in [0, 0.05) is 6.42 Å². The van der Waals surface area contributed by atoms with Crippen molar-refractivity contribution < 1.29 is 39.8 Å². The van der Waals surface area contributed by atoms with Crippen molar-refractivity contribution in [1.82, 2.24) is 5.32 Å². The van der Waals surface area contributed by atoms with Crippen LogP contribution in [0.4, 0.5) is 0 Å². The Balaban J connectivity index is 2.26. The van der Waals surface area contributed by atoms with Crippen molar-refractivity contribution in [3.63, 3.8) is 0 Å². The Labute approximate surface area is 438 Å². The first-order valence-electron chi connectivity index (χ1n) is 28.1. The zero-order valence-electron chi connectivity index (χ0n) is 44.9. The number of hydrogen-bond acceptors (Lipinski definition) is 8. The van der Waals surface area contributed by atoms with E-state index in [4.69, 9.17) is 9.47 Å². The lowest BCUT2D eigenvalue weighted by molar-refractivity contribution is -0.302. The largest absolute Gasteiger partial charge is 0.394 e. The molecule has 0 spiro atoms. The van der Waals surface area contributed by atoms with E-state index < -0.39 is 49.5 Å². The van der Waals surface area contributed by atoms with Gasteiger partial charge in [-0.15, -0.1) is 0 Å². The van der Waals surface area contributed by atoms with Gasteiger partial charge in [0.2, 0.25) is 5.91 Å². The fraction of sp³-hybridized carbons (Fsp3) is 0.603. The third-order valence-corrected chi connectivity index (χ3v) is 12.1. The average molecular weight is 1000 g/mol. The molecule has 0 saturated carbocycles. The third-order valence-electron chi connectivity index (χ3n) is 12.1. The lowest BCUT2D eigenvalue weighted by atomic mass is 9.99. The van der Waals surface area contributed by atoms with E-state index in [0.717, 1.165) is 109 Å². The molecule has 1 heterocycles. The van der Waals surface area contributed by atoms with Crippen molar-refractivity contribution in [2.75, 3.05) is 13.2 Å². The van der Waals surface area contributed by atoms with Crippen molar-refractivity contribution in [1.29, 1.82) is 0 Å². The molecule has 9 heteroatoms. The van der Waals surface area contributed by atoms with Gasteiger partial charge in [-0.1, -0.05) is 217 Å². The number of aliphatic hydroxyl groups excluding tert-OH is 5. The SMILES string of the molecule is CC/C=C\C/C=C\C/C=C\C/C=C\C/C=C\C/C=C\C/C=C\C/C=C\C/C=C\C/C=C\CCCCCCC(=O)NC(COC1OC(CO)C(O)C(O)C1O)C(O)/C=C/CC/C=C/CCCCCCCCCC. The van der Waals surface area contributed by atoms with Gasteiger partial charge >= 0.3 is 0 Å². The fourth-order valence-electron chi connectivity index (χ4n) is 7.73. The minimum atomic E-state index is -1.59. The van der Waals surface area contributed by atoms with E-state index in [1.807, 2.05) is 6.08 Å². The highest BCUT2D eigenvalue weighted by Crippen LogP contribution is 2.22. The molecule has 0 aliphatic carbocycles. The maximum absolute atomic E-state index is 13.0. The standard InChI is InChI=1S/C63H101NO8/c1-3-5-7-9-11-13-15-17-19-20-21-22-23-24-25-26-27-28-29-30-31-32-33-34-35-36-37-38-39-41-43-45-47-49-51-53-59(67)64-56(55-71-63-62(70)61(69)60(68)58(54-65)72-63)57(66)52-50-48-46-44-42-40-18-16-14-12-10-8-6-4-2/h5,7,11,13,17,19,21-22,24-25,27-28,30-31,33-34,36-37,39,41-42,44,50,52,56-58,60-63,65-66,68-70H,3-4,6,8-10,12,14-16,18,20,23,26,29,32,35,38,40,43,45-49,51,53-55H2,1-2H3,(H,64,67)/b7-5-,13-11-,19-17-,22-21-,25-24-,28-27-,31-30-,34-33-,37-36-,41-39-,44-42+,52-50+. The lowest BCUT2D eigenvalue weighted by Gasteiger charge is -2.40. The van der Waals surface area contributed by atoms with Crippen LogP contribution in [-0.2, 0) is 14.3 Å². The summed E-state index contributed by atoms with van der Waals surface area (Å²) in [7, 11) is 0. The number of unbranched alkanes of at least 4 members (excludes halogenated alkanes) is 13. The lowest BCUT2D eigenvalue weighted by Crippen LogP contribution is -2.60. The first-order chi connectivity index (χ1) is 35.3. The highest BCUT2D eigenvalue weighted by atomic mass is 16.7. The monoisotopic (exact) mass is 1000 g/mol. The summed E-state index contributed by atoms with van der Waals surface area (Å²) in [5, 5.41) is 54.3. The first-order valence-corrected chi connectivity index (χ1v) is 28.1. The molecule has 0 bridgehead atoms. The van der Waals surface area contributed by atoms with Crippen LogP contribution in [0, 0.1) is 0 Å². The molecule has 0 aromatic carbocycles. The predicted molar refractivity (Wildman–Crippen MR) is 303 cm³/mol. The second kappa shape index (κ2) is 50.6. The summed E-state index contributed by atoms with van der Waals surface area (Å²) in [5.74, 6) is -0.219. The average Bonchev–Trinajstić information content (AvgIpc) is 3.38. The second-order valence-electron chi connectivity index (χ2n) is 18.6. The van der Waals surface area contributed by atoms with Gasteiger partial charge in [-0.05, 0) is 109 Å². The molecule has 1 amide bonds. The Bertz CT molecular complexity index is 1630. The molecule has 7 atom stereocenters. The fourth-order valence-corrected chi connectivity index (χ4v) is 7.73. The van der Waals surface area contributed by atoms with E-state index in [0.29, 0.717) is 12.8 Å². The Hall–Kier alpha value is -3.93. The van der Waals surface area contributed by atoms with E-state index in [2.05, 4.69) is 153 Å². The van der Waals surface area contributed by atoms with Crippen LogP contribution in [0.3, 0.4) is 0 Å². The molecular formula is C63H101NO8. The summed E-state index contributed by atoms with van der Waals surface area (Å²) in [5.41, 5.74) is 0. The van der Waals surface area contributed by atoms with Crippen molar-refractivity contribution in [3.8, 4) is 0 Å². The highest BCUT2D eigenvalue weighted by Gasteiger charge is 2.44. The van der Waals surface area contributed by atoms with Crippen LogP contribution in [0.5, 0.6) is 0 Å². The maximum atomic E-state index is 13.0. The topological polar surface area (TPSA) is 149 Å². The van der Waals surface area contributed by atoms with Gasteiger partial charge in [0.05, 0.1) is 25.4 Å². The number of rotatable bonds is 45. The molecule has 1 fully saturated rings. The normalized spacial score (nSPS) is 20.3. The van der Waals surface area contributed by atoms with Gasteiger partial charge in [0.15, 0.2) is 6.29 Å². The summed E-state index contributed by atoms with van der Waals surface area (Å²) < 4.78 is 11.2. The van der Waals surface area contributed by atoms with Crippen LogP contribution in [0.2, 0.25) is 0 Å². The molecule has 0 aromatic rings. The van der Waals surface area contributed by atoms with Gasteiger partial charge in [-0.3, -0.25) is 4.79 Å². The van der Waals surface area contributed by atoms with Gasteiger partial charge in [0.25, 0.3) is 0 Å². The van der Waals surface area contributed by atoms with Crippen molar-refractivity contribution in [3.05, 3.63) is 146 Å². The van der Waals surface area contributed by atoms with Crippen molar-refractivity contribution >= 4 is 5.91 Å². The van der Waals surface area contributed by atoms with E-state index in [1.54, 1.807) is 6.08 Å². The quantitative estimate of drug-likeness (QED) is 0.0261. The first kappa shape index (κ1) is 66.1. The van der Waals surface area contributed by atoms with Crippen molar-refractivity contribution in [2.45, 2.75) is 230 Å². The van der Waals surface area contributed by atoms with Crippen LogP contribution in [0.15, 0.2) is 146 Å². The van der Waals surface area contributed by atoms with Gasteiger partial charge < -0.3 is 40.3 Å². The van der Waals surface area contributed by atoms with E-state index in [9.17, 15) is 30.3 Å². The summed E-state index contributed by atoms with van der Waals surface area (Å²) in [6, 6.07) is -0.846. The number of carbonyl (C=O) groups is 1. The van der Waals surface area contributed by atoms with Crippen LogP contribution < -0.4 is 5.32 Å². The molecule has 6 N–H and O–H groups in total. The molecule has 9 nitrogen and oxygen atoms in total. The summed E-state index contributed by atoms with van der Waals surface area (Å²) in [4.78, 5) is 13.0. The molecule has 0 aromatic heterocycles. The molecule has 1 aliphatic heterocycles. The number of amides is 1. The molecule has 1 rings (SSSR count). The Kier molecular flexibility index (Phi) is 46.4. The van der Waals surface area contributed by atoms with E-state index in [-0.39, 0.29) is 12.5 Å². The summed E-state index contributed by atoms with van der Waals surface area (Å²) in [6.45, 7) is 3.60. The zero-order valence-corrected chi connectivity index (χ0v) is 44.9. The molecule has 72 heavy (non-hydrogen) atoms. The minimum absolute atomic E-state index is 0.219. The maximum Gasteiger partial charge on any atom is 0.220 e. The Morgan fingerprint density at radius 2 is 0.875 bits per heavy atom. The number of hydrogen-bond donors (Lipinski definition) is 6. The highest BCUT2D eigenvalue weighted by molar-refractivity contribution is 5.76. The van der Waals surface area contributed by atoms with Gasteiger partial charge in [-0.2, -0.15) is 0 Å². The van der Waals surface area contributed by atoms with Crippen LogP contribution in [0.25, 0.3) is 0 Å². The molecule has 7 unspecified atom stereocenters. The number of allylic oxidation sites excluding steroid dienone is 23. The summed E-state index contributed by atoms with van der Waals surface area (Å²) >= 11 is 0.